The van der Waals surface area contributed by atoms with E-state index in [1.807, 2.05) is 31.5 Å². The number of alkyl carbamates (subject to hydrolysis) is 1. The fourth-order valence-corrected chi connectivity index (χ4v) is 4.88. The second-order valence-electron chi connectivity index (χ2n) is 10.1. The van der Waals surface area contributed by atoms with Crippen LogP contribution in [-0.2, 0) is 11.3 Å². The van der Waals surface area contributed by atoms with Crippen molar-refractivity contribution in [1.82, 2.24) is 25.1 Å². The summed E-state index contributed by atoms with van der Waals surface area (Å²) in [6, 6.07) is 7.69. The minimum absolute atomic E-state index is 0.148. The van der Waals surface area contributed by atoms with Crippen LogP contribution in [0.5, 0.6) is 11.6 Å². The van der Waals surface area contributed by atoms with E-state index in [0.717, 1.165) is 44.0 Å². The molecule has 4 heterocycles. The van der Waals surface area contributed by atoms with Gasteiger partial charge in [0, 0.05) is 37.3 Å². The number of ether oxygens (including phenoxy) is 2. The molecule has 1 atom stereocenters. The average molecular weight is 481 g/mol. The molecule has 2 aliphatic rings. The molecule has 2 aromatic heterocycles. The SMILES string of the molecule is CC(C)(C)OC(=O)N[C@@H]1c2ccnn2CC12CCN(c1cnc(Oc3cccc(F)c3)cn1)CC2. The van der Waals surface area contributed by atoms with Crippen LogP contribution < -0.4 is 15.0 Å². The summed E-state index contributed by atoms with van der Waals surface area (Å²) in [5.41, 5.74) is 0.288. The third-order valence-electron chi connectivity index (χ3n) is 6.50. The number of halogens is 1. The predicted octanol–water partition coefficient (Wildman–Crippen LogP) is 4.47. The van der Waals surface area contributed by atoms with Crippen molar-refractivity contribution in [2.75, 3.05) is 18.0 Å². The number of hydrogen-bond donors (Lipinski definition) is 1. The molecule has 184 valence electrons. The van der Waals surface area contributed by atoms with Crippen LogP contribution in [-0.4, -0.2) is 44.5 Å². The Kier molecular flexibility index (Phi) is 5.82. The number of hydrogen-bond acceptors (Lipinski definition) is 7. The number of aromatic nitrogens is 4. The van der Waals surface area contributed by atoms with Gasteiger partial charge in [-0.3, -0.25) is 4.68 Å². The van der Waals surface area contributed by atoms with Crippen LogP contribution in [0.1, 0.15) is 45.3 Å². The number of piperidine rings is 1. The topological polar surface area (TPSA) is 94.4 Å². The summed E-state index contributed by atoms with van der Waals surface area (Å²) in [5.74, 6) is 1.05. The highest BCUT2D eigenvalue weighted by Crippen LogP contribution is 2.49. The molecule has 0 aliphatic carbocycles. The van der Waals surface area contributed by atoms with Crippen molar-refractivity contribution >= 4 is 11.9 Å². The number of carbonyl (C=O) groups excluding carboxylic acids is 1. The minimum Gasteiger partial charge on any atom is -0.444 e. The number of carbonyl (C=O) groups is 1. The van der Waals surface area contributed by atoms with E-state index in [9.17, 15) is 9.18 Å². The van der Waals surface area contributed by atoms with E-state index in [1.54, 1.807) is 30.7 Å². The molecule has 0 saturated carbocycles. The first-order chi connectivity index (χ1) is 16.7. The predicted molar refractivity (Wildman–Crippen MR) is 127 cm³/mol. The van der Waals surface area contributed by atoms with Gasteiger partial charge in [0.25, 0.3) is 0 Å². The van der Waals surface area contributed by atoms with E-state index in [4.69, 9.17) is 9.47 Å². The number of benzene rings is 1. The van der Waals surface area contributed by atoms with Crippen LogP contribution in [0, 0.1) is 11.2 Å². The Balaban J connectivity index is 1.25. The molecule has 0 bridgehead atoms. The van der Waals surface area contributed by atoms with Crippen molar-refractivity contribution in [1.29, 1.82) is 0 Å². The molecule has 0 unspecified atom stereocenters. The third-order valence-corrected chi connectivity index (χ3v) is 6.50. The standard InChI is InChI=1S/C25H29FN6O3/c1-24(2,3)35-23(33)30-22-19-7-10-29-32(19)16-25(22)8-11-31(12-9-25)20-14-28-21(15-27-20)34-18-6-4-5-17(26)13-18/h4-7,10,13-15,22H,8-9,11-12,16H2,1-3H3,(H,30,33)/t22-/m1/s1. The van der Waals surface area contributed by atoms with Crippen LogP contribution in [0.3, 0.4) is 0 Å². The molecule has 2 aliphatic heterocycles. The largest absolute Gasteiger partial charge is 0.444 e. The molecule has 1 N–H and O–H groups in total. The molecule has 0 radical (unpaired) electrons. The fourth-order valence-electron chi connectivity index (χ4n) is 4.88. The Morgan fingerprint density at radius 2 is 1.97 bits per heavy atom. The average Bonchev–Trinajstić information content (AvgIpc) is 3.34. The highest BCUT2D eigenvalue weighted by Gasteiger charge is 2.49. The molecule has 10 heteroatoms. The van der Waals surface area contributed by atoms with Gasteiger partial charge in [-0.2, -0.15) is 5.10 Å². The van der Waals surface area contributed by atoms with E-state index < -0.39 is 11.7 Å². The molecule has 5 rings (SSSR count). The lowest BCUT2D eigenvalue weighted by Gasteiger charge is -2.42. The monoisotopic (exact) mass is 480 g/mol. The second-order valence-corrected chi connectivity index (χ2v) is 10.1. The number of rotatable bonds is 4. The van der Waals surface area contributed by atoms with E-state index in [2.05, 4.69) is 25.3 Å². The van der Waals surface area contributed by atoms with Gasteiger partial charge in [0.15, 0.2) is 0 Å². The van der Waals surface area contributed by atoms with Crippen molar-refractivity contribution in [2.45, 2.75) is 51.8 Å². The van der Waals surface area contributed by atoms with Gasteiger partial charge in [-0.15, -0.1) is 0 Å². The van der Waals surface area contributed by atoms with E-state index in [1.165, 1.54) is 12.1 Å². The number of anilines is 1. The summed E-state index contributed by atoms with van der Waals surface area (Å²) >= 11 is 0. The maximum absolute atomic E-state index is 13.4. The zero-order chi connectivity index (χ0) is 24.6. The lowest BCUT2D eigenvalue weighted by molar-refractivity contribution is 0.0423. The normalized spacial score (nSPS) is 18.9. The second kappa shape index (κ2) is 8.83. The quantitative estimate of drug-likeness (QED) is 0.589. The van der Waals surface area contributed by atoms with Gasteiger partial charge in [-0.25, -0.2) is 19.2 Å². The number of nitrogens with one attached hydrogen (secondary N) is 1. The Morgan fingerprint density at radius 3 is 2.66 bits per heavy atom. The third kappa shape index (κ3) is 4.91. The Bertz CT molecular complexity index is 1200. The molecular weight excluding hydrogens is 451 g/mol. The highest BCUT2D eigenvalue weighted by molar-refractivity contribution is 5.68. The van der Waals surface area contributed by atoms with Crippen LogP contribution in [0.2, 0.25) is 0 Å². The maximum Gasteiger partial charge on any atom is 0.408 e. The fraction of sp³-hybridized carbons (Fsp3) is 0.440. The molecule has 1 spiro atoms. The highest BCUT2D eigenvalue weighted by atomic mass is 19.1. The van der Waals surface area contributed by atoms with E-state index >= 15 is 0 Å². The van der Waals surface area contributed by atoms with Crippen molar-refractivity contribution in [3.63, 3.8) is 0 Å². The van der Waals surface area contributed by atoms with E-state index in [-0.39, 0.29) is 17.3 Å². The summed E-state index contributed by atoms with van der Waals surface area (Å²) in [4.78, 5) is 23.6. The summed E-state index contributed by atoms with van der Waals surface area (Å²) in [5, 5.41) is 7.57. The van der Waals surface area contributed by atoms with Crippen molar-refractivity contribution in [3.05, 3.63) is 60.4 Å². The van der Waals surface area contributed by atoms with Gasteiger partial charge in [-0.05, 0) is 51.8 Å². The summed E-state index contributed by atoms with van der Waals surface area (Å²) < 4.78 is 26.5. The van der Waals surface area contributed by atoms with Crippen LogP contribution in [0.15, 0.2) is 48.9 Å². The Labute approximate surface area is 203 Å². The Morgan fingerprint density at radius 1 is 1.17 bits per heavy atom. The summed E-state index contributed by atoms with van der Waals surface area (Å²) in [6.45, 7) is 7.83. The molecule has 3 aromatic rings. The van der Waals surface area contributed by atoms with Gasteiger partial charge in [0.2, 0.25) is 5.88 Å². The van der Waals surface area contributed by atoms with E-state index in [0.29, 0.717) is 11.6 Å². The van der Waals surface area contributed by atoms with Crippen molar-refractivity contribution in [3.8, 4) is 11.6 Å². The molecule has 1 fully saturated rings. The number of nitrogens with zero attached hydrogens (tertiary/aromatic N) is 5. The molecule has 1 saturated heterocycles. The molecule has 9 nitrogen and oxygen atoms in total. The first-order valence-corrected chi connectivity index (χ1v) is 11.7. The lowest BCUT2D eigenvalue weighted by Crippen LogP contribution is -2.48. The molecule has 35 heavy (non-hydrogen) atoms. The van der Waals surface area contributed by atoms with Gasteiger partial charge < -0.3 is 19.7 Å². The molecule has 1 aromatic carbocycles. The minimum atomic E-state index is -0.567. The van der Waals surface area contributed by atoms with Crippen molar-refractivity contribution < 1.29 is 18.7 Å². The molecular formula is C25H29FN6O3. The van der Waals surface area contributed by atoms with Gasteiger partial charge in [0.1, 0.15) is 23.0 Å². The zero-order valence-corrected chi connectivity index (χ0v) is 20.1. The van der Waals surface area contributed by atoms with Crippen molar-refractivity contribution in [2.24, 2.45) is 5.41 Å². The number of amides is 1. The summed E-state index contributed by atoms with van der Waals surface area (Å²) in [6.07, 6.45) is 6.26. The first-order valence-electron chi connectivity index (χ1n) is 11.7. The Hall–Kier alpha value is -3.69. The first kappa shape index (κ1) is 23.1. The smallest absolute Gasteiger partial charge is 0.408 e. The maximum atomic E-state index is 13.4. The van der Waals surface area contributed by atoms with Crippen LogP contribution in [0.4, 0.5) is 15.0 Å². The molecule has 1 amide bonds. The zero-order valence-electron chi connectivity index (χ0n) is 20.1. The van der Waals surface area contributed by atoms with Crippen LogP contribution >= 0.6 is 0 Å². The van der Waals surface area contributed by atoms with Crippen LogP contribution in [0.25, 0.3) is 0 Å². The lowest BCUT2D eigenvalue weighted by atomic mass is 9.73. The van der Waals surface area contributed by atoms with Gasteiger partial charge in [-0.1, -0.05) is 6.07 Å². The number of fused-ring (bicyclic) bond motifs is 1. The van der Waals surface area contributed by atoms with Gasteiger partial charge in [0.05, 0.1) is 24.1 Å². The van der Waals surface area contributed by atoms with Gasteiger partial charge >= 0.3 is 6.09 Å². The summed E-state index contributed by atoms with van der Waals surface area (Å²) in [7, 11) is 0.